The molecule has 0 spiro atoms. The van der Waals surface area contributed by atoms with E-state index >= 15 is 0 Å². The molecular weight excluding hydrogens is 310 g/mol. The third kappa shape index (κ3) is 3.03. The molecule has 3 atom stereocenters. The average molecular weight is 330 g/mol. The number of rotatable bonds is 3. The maximum atomic E-state index is 12.3. The van der Waals surface area contributed by atoms with Gasteiger partial charge in [-0.15, -0.1) is 11.3 Å². The lowest BCUT2D eigenvalue weighted by atomic mass is 9.86. The largest absolute Gasteiger partial charge is 0.293 e. The second kappa shape index (κ2) is 5.85. The standard InChI is InChI=1S/C14H20BrNOS/c1-9-6-10(2)11(3)16(7-9)8-13(17)14-12(15)4-5-18-14/h4-5,9-11H,6-8H2,1-3H3. The number of ketones is 1. The predicted octanol–water partition coefficient (Wildman–Crippen LogP) is 4.06. The Bertz CT molecular complexity index is 431. The molecule has 0 radical (unpaired) electrons. The highest BCUT2D eigenvalue weighted by atomic mass is 79.9. The Morgan fingerprint density at radius 2 is 2.22 bits per heavy atom. The summed E-state index contributed by atoms with van der Waals surface area (Å²) in [4.78, 5) is 15.5. The van der Waals surface area contributed by atoms with Crippen LogP contribution in [0.15, 0.2) is 15.9 Å². The highest BCUT2D eigenvalue weighted by Gasteiger charge is 2.30. The molecule has 1 fully saturated rings. The molecule has 0 aliphatic carbocycles. The summed E-state index contributed by atoms with van der Waals surface area (Å²) < 4.78 is 0.934. The number of hydrogen-bond donors (Lipinski definition) is 0. The van der Waals surface area contributed by atoms with E-state index in [4.69, 9.17) is 0 Å². The van der Waals surface area contributed by atoms with Gasteiger partial charge < -0.3 is 0 Å². The van der Waals surface area contributed by atoms with E-state index in [0.717, 1.165) is 15.9 Å². The number of likely N-dealkylation sites (tertiary alicyclic amines) is 1. The first kappa shape index (κ1) is 14.2. The number of halogens is 1. The van der Waals surface area contributed by atoms with E-state index in [1.165, 1.54) is 17.8 Å². The monoisotopic (exact) mass is 329 g/mol. The zero-order chi connectivity index (χ0) is 13.3. The first-order valence-corrected chi connectivity index (χ1v) is 8.16. The number of thiophene rings is 1. The van der Waals surface area contributed by atoms with Crippen molar-refractivity contribution in [1.82, 2.24) is 4.90 Å². The predicted molar refractivity (Wildman–Crippen MR) is 80.3 cm³/mol. The lowest BCUT2D eigenvalue weighted by Gasteiger charge is -2.40. The lowest BCUT2D eigenvalue weighted by molar-refractivity contribution is 0.0652. The van der Waals surface area contributed by atoms with Crippen molar-refractivity contribution in [2.75, 3.05) is 13.1 Å². The third-order valence-electron chi connectivity index (χ3n) is 3.94. The van der Waals surface area contributed by atoms with Gasteiger partial charge in [-0.05, 0) is 52.6 Å². The van der Waals surface area contributed by atoms with Gasteiger partial charge in [-0.3, -0.25) is 9.69 Å². The van der Waals surface area contributed by atoms with Crippen molar-refractivity contribution in [3.8, 4) is 0 Å². The van der Waals surface area contributed by atoms with Gasteiger partial charge in [0.25, 0.3) is 0 Å². The number of carbonyl (C=O) groups is 1. The van der Waals surface area contributed by atoms with Gasteiger partial charge in [0, 0.05) is 17.1 Å². The topological polar surface area (TPSA) is 20.3 Å². The van der Waals surface area contributed by atoms with Gasteiger partial charge in [-0.25, -0.2) is 0 Å². The van der Waals surface area contributed by atoms with E-state index in [0.29, 0.717) is 24.4 Å². The highest BCUT2D eigenvalue weighted by molar-refractivity contribution is 9.10. The van der Waals surface area contributed by atoms with Crippen molar-refractivity contribution >= 4 is 33.0 Å². The van der Waals surface area contributed by atoms with Crippen LogP contribution < -0.4 is 0 Å². The van der Waals surface area contributed by atoms with Crippen LogP contribution in [-0.4, -0.2) is 29.8 Å². The van der Waals surface area contributed by atoms with Crippen LogP contribution in [0.4, 0.5) is 0 Å². The van der Waals surface area contributed by atoms with Crippen LogP contribution in [0.1, 0.15) is 36.9 Å². The van der Waals surface area contributed by atoms with E-state index < -0.39 is 0 Å². The second-order valence-corrected chi connectivity index (χ2v) is 7.28. The van der Waals surface area contributed by atoms with Crippen LogP contribution >= 0.6 is 27.3 Å². The van der Waals surface area contributed by atoms with Gasteiger partial charge >= 0.3 is 0 Å². The smallest absolute Gasteiger partial charge is 0.187 e. The molecule has 0 N–H and O–H groups in total. The molecule has 0 amide bonds. The highest BCUT2D eigenvalue weighted by Crippen LogP contribution is 2.28. The molecule has 0 saturated carbocycles. The van der Waals surface area contributed by atoms with Gasteiger partial charge in [-0.1, -0.05) is 13.8 Å². The zero-order valence-electron chi connectivity index (χ0n) is 11.1. The van der Waals surface area contributed by atoms with Gasteiger partial charge in [-0.2, -0.15) is 0 Å². The lowest BCUT2D eigenvalue weighted by Crippen LogP contribution is -2.47. The Hall–Kier alpha value is -0.190. The van der Waals surface area contributed by atoms with Crippen molar-refractivity contribution in [2.24, 2.45) is 11.8 Å². The molecule has 1 aliphatic rings. The molecular formula is C14H20BrNOS. The minimum absolute atomic E-state index is 0.241. The first-order chi connectivity index (χ1) is 8.49. The zero-order valence-corrected chi connectivity index (χ0v) is 13.6. The third-order valence-corrected chi connectivity index (χ3v) is 5.82. The first-order valence-electron chi connectivity index (χ1n) is 6.49. The van der Waals surface area contributed by atoms with Gasteiger partial charge in [0.2, 0.25) is 0 Å². The average Bonchev–Trinajstić information content (AvgIpc) is 2.71. The Balaban J connectivity index is 2.04. The van der Waals surface area contributed by atoms with Gasteiger partial charge in [0.15, 0.2) is 5.78 Å². The molecule has 0 bridgehead atoms. The summed E-state index contributed by atoms with van der Waals surface area (Å²) in [5, 5.41) is 1.96. The van der Waals surface area contributed by atoms with E-state index in [1.807, 2.05) is 11.4 Å². The summed E-state index contributed by atoms with van der Waals surface area (Å²) >= 11 is 4.97. The van der Waals surface area contributed by atoms with Crippen LogP contribution in [0.5, 0.6) is 0 Å². The Morgan fingerprint density at radius 3 is 2.83 bits per heavy atom. The van der Waals surface area contributed by atoms with Gasteiger partial charge in [0.1, 0.15) is 0 Å². The van der Waals surface area contributed by atoms with E-state index in [-0.39, 0.29) is 5.78 Å². The van der Waals surface area contributed by atoms with Crippen LogP contribution in [-0.2, 0) is 0 Å². The van der Waals surface area contributed by atoms with Crippen LogP contribution in [0.2, 0.25) is 0 Å². The van der Waals surface area contributed by atoms with Crippen LogP contribution in [0, 0.1) is 11.8 Å². The van der Waals surface area contributed by atoms with E-state index in [2.05, 4.69) is 41.6 Å². The fraction of sp³-hybridized carbons (Fsp3) is 0.643. The van der Waals surface area contributed by atoms with Crippen LogP contribution in [0.25, 0.3) is 0 Å². The van der Waals surface area contributed by atoms with Crippen LogP contribution in [0.3, 0.4) is 0 Å². The fourth-order valence-corrected chi connectivity index (χ4v) is 4.32. The molecule has 0 aromatic carbocycles. The Kier molecular flexibility index (Phi) is 4.62. The quantitative estimate of drug-likeness (QED) is 0.779. The van der Waals surface area contributed by atoms with E-state index in [9.17, 15) is 4.79 Å². The maximum absolute atomic E-state index is 12.3. The van der Waals surface area contributed by atoms with Crippen molar-refractivity contribution in [3.05, 3.63) is 20.8 Å². The SMILES string of the molecule is CC1CC(C)C(C)N(CC(=O)c2sccc2Br)C1. The number of piperidine rings is 1. The molecule has 100 valence electrons. The molecule has 1 aromatic rings. The van der Waals surface area contributed by atoms with E-state index in [1.54, 1.807) is 0 Å². The maximum Gasteiger partial charge on any atom is 0.187 e. The molecule has 3 unspecified atom stereocenters. The van der Waals surface area contributed by atoms with Gasteiger partial charge in [0.05, 0.1) is 11.4 Å². The number of nitrogens with zero attached hydrogens (tertiary/aromatic N) is 1. The summed E-state index contributed by atoms with van der Waals surface area (Å²) in [6, 6.07) is 2.45. The molecule has 1 aromatic heterocycles. The summed E-state index contributed by atoms with van der Waals surface area (Å²) in [5.74, 6) is 1.61. The molecule has 2 nitrogen and oxygen atoms in total. The molecule has 18 heavy (non-hydrogen) atoms. The summed E-state index contributed by atoms with van der Waals surface area (Å²) in [6.07, 6.45) is 1.27. The summed E-state index contributed by atoms with van der Waals surface area (Å²) in [5.41, 5.74) is 0. The fourth-order valence-electron chi connectivity index (χ4n) is 2.79. The minimum Gasteiger partial charge on any atom is -0.293 e. The van der Waals surface area contributed by atoms with Crippen molar-refractivity contribution < 1.29 is 4.79 Å². The van der Waals surface area contributed by atoms with Crippen molar-refractivity contribution in [1.29, 1.82) is 0 Å². The summed E-state index contributed by atoms with van der Waals surface area (Å²) in [6.45, 7) is 8.41. The number of carbonyl (C=O) groups excluding carboxylic acids is 1. The number of Topliss-reactive ketones (excluding diaryl/α,β-unsaturated/α-hetero) is 1. The second-order valence-electron chi connectivity index (χ2n) is 5.51. The number of hydrogen-bond acceptors (Lipinski definition) is 3. The Labute approximate surface area is 122 Å². The Morgan fingerprint density at radius 1 is 1.50 bits per heavy atom. The molecule has 1 aliphatic heterocycles. The molecule has 4 heteroatoms. The normalized spacial score (nSPS) is 29.4. The molecule has 2 rings (SSSR count). The summed E-state index contributed by atoms with van der Waals surface area (Å²) in [7, 11) is 0. The minimum atomic E-state index is 0.241. The van der Waals surface area contributed by atoms with Crippen molar-refractivity contribution in [2.45, 2.75) is 33.2 Å². The van der Waals surface area contributed by atoms with Crippen molar-refractivity contribution in [3.63, 3.8) is 0 Å². The molecule has 1 saturated heterocycles. The molecule has 2 heterocycles.